The first-order valence-electron chi connectivity index (χ1n) is 8.37. The third-order valence-electron chi connectivity index (χ3n) is 4.65. The number of nitrogens with one attached hydrogen (secondary N) is 1. The number of methoxy groups -OCH3 is 1. The SMILES string of the molecule is COCc1ccccc1CNC(=O)CN1C[C@@H](C(N)=O)CC[C@H]1C. The first-order valence-corrected chi connectivity index (χ1v) is 8.37. The van der Waals surface area contributed by atoms with Crippen molar-refractivity contribution in [2.45, 2.75) is 39.0 Å². The number of benzene rings is 1. The van der Waals surface area contributed by atoms with Crippen molar-refractivity contribution in [2.24, 2.45) is 11.7 Å². The summed E-state index contributed by atoms with van der Waals surface area (Å²) in [4.78, 5) is 25.7. The van der Waals surface area contributed by atoms with Gasteiger partial charge in [-0.25, -0.2) is 0 Å². The molecule has 1 saturated heterocycles. The second-order valence-electron chi connectivity index (χ2n) is 6.43. The molecule has 0 aliphatic carbocycles. The van der Waals surface area contributed by atoms with Gasteiger partial charge in [-0.05, 0) is 30.9 Å². The highest BCUT2D eigenvalue weighted by Gasteiger charge is 2.29. The van der Waals surface area contributed by atoms with E-state index in [0.717, 1.165) is 24.0 Å². The molecule has 1 heterocycles. The number of hydrogen-bond donors (Lipinski definition) is 2. The molecule has 6 nitrogen and oxygen atoms in total. The van der Waals surface area contributed by atoms with Gasteiger partial charge in [0, 0.05) is 26.2 Å². The normalized spacial score (nSPS) is 21.4. The minimum Gasteiger partial charge on any atom is -0.380 e. The van der Waals surface area contributed by atoms with Crippen LogP contribution >= 0.6 is 0 Å². The van der Waals surface area contributed by atoms with Crippen LogP contribution in [0.4, 0.5) is 0 Å². The molecule has 132 valence electrons. The fraction of sp³-hybridized carbons (Fsp3) is 0.556. The standard InChI is InChI=1S/C18H27N3O3/c1-13-7-8-15(18(19)23)10-21(13)11-17(22)20-9-14-5-3-4-6-16(14)12-24-2/h3-6,13,15H,7-12H2,1-2H3,(H2,19,23)(H,20,22)/t13-,15+/m1/s1. The highest BCUT2D eigenvalue weighted by molar-refractivity contribution is 5.79. The summed E-state index contributed by atoms with van der Waals surface area (Å²) in [7, 11) is 1.66. The Bertz CT molecular complexity index is 576. The van der Waals surface area contributed by atoms with Crippen LogP contribution < -0.4 is 11.1 Å². The van der Waals surface area contributed by atoms with E-state index >= 15 is 0 Å². The van der Waals surface area contributed by atoms with E-state index in [0.29, 0.717) is 19.7 Å². The van der Waals surface area contributed by atoms with Crippen LogP contribution in [0.1, 0.15) is 30.9 Å². The zero-order chi connectivity index (χ0) is 17.5. The van der Waals surface area contributed by atoms with Crippen LogP contribution in [-0.4, -0.2) is 43.0 Å². The Balaban J connectivity index is 1.88. The summed E-state index contributed by atoms with van der Waals surface area (Å²) in [6, 6.07) is 8.17. The number of hydrogen-bond acceptors (Lipinski definition) is 4. The van der Waals surface area contributed by atoms with E-state index in [2.05, 4.69) is 12.2 Å². The molecule has 2 atom stereocenters. The second-order valence-corrected chi connectivity index (χ2v) is 6.43. The topological polar surface area (TPSA) is 84.7 Å². The van der Waals surface area contributed by atoms with Gasteiger partial charge in [-0.1, -0.05) is 24.3 Å². The van der Waals surface area contributed by atoms with Crippen molar-refractivity contribution >= 4 is 11.8 Å². The lowest BCUT2D eigenvalue weighted by molar-refractivity contribution is -0.127. The predicted molar refractivity (Wildman–Crippen MR) is 92.0 cm³/mol. The maximum Gasteiger partial charge on any atom is 0.234 e. The molecule has 0 aromatic heterocycles. The van der Waals surface area contributed by atoms with Gasteiger partial charge in [0.05, 0.1) is 19.1 Å². The number of nitrogens with zero attached hydrogens (tertiary/aromatic N) is 1. The molecule has 0 saturated carbocycles. The second kappa shape index (κ2) is 8.80. The highest BCUT2D eigenvalue weighted by Crippen LogP contribution is 2.21. The molecule has 2 rings (SSSR count). The zero-order valence-corrected chi connectivity index (χ0v) is 14.5. The summed E-state index contributed by atoms with van der Waals surface area (Å²) in [5.74, 6) is -0.476. The maximum absolute atomic E-state index is 12.3. The Kier molecular flexibility index (Phi) is 6.75. The summed E-state index contributed by atoms with van der Waals surface area (Å²) in [5.41, 5.74) is 7.53. The lowest BCUT2D eigenvalue weighted by Gasteiger charge is -2.36. The van der Waals surface area contributed by atoms with Crippen molar-refractivity contribution in [3.05, 3.63) is 35.4 Å². The van der Waals surface area contributed by atoms with Gasteiger partial charge in [-0.3, -0.25) is 14.5 Å². The monoisotopic (exact) mass is 333 g/mol. The first-order chi connectivity index (χ1) is 11.5. The Morgan fingerprint density at radius 2 is 2.00 bits per heavy atom. The molecule has 24 heavy (non-hydrogen) atoms. The molecule has 0 bridgehead atoms. The predicted octanol–water partition coefficient (Wildman–Crippen LogP) is 1.04. The van der Waals surface area contributed by atoms with Crippen LogP contribution in [0, 0.1) is 5.92 Å². The smallest absolute Gasteiger partial charge is 0.234 e. The number of likely N-dealkylation sites (tertiary alicyclic amines) is 1. The molecule has 1 fully saturated rings. The van der Waals surface area contributed by atoms with Crippen molar-refractivity contribution < 1.29 is 14.3 Å². The molecule has 3 N–H and O–H groups in total. The number of rotatable bonds is 7. The average Bonchev–Trinajstić information content (AvgIpc) is 2.56. The van der Waals surface area contributed by atoms with Gasteiger partial charge in [0.1, 0.15) is 0 Å². The molecule has 1 aliphatic heterocycles. The van der Waals surface area contributed by atoms with Gasteiger partial charge in [-0.2, -0.15) is 0 Å². The van der Waals surface area contributed by atoms with Gasteiger partial charge in [-0.15, -0.1) is 0 Å². The maximum atomic E-state index is 12.3. The highest BCUT2D eigenvalue weighted by atomic mass is 16.5. The van der Waals surface area contributed by atoms with Gasteiger partial charge < -0.3 is 15.8 Å². The largest absolute Gasteiger partial charge is 0.380 e. The zero-order valence-electron chi connectivity index (χ0n) is 14.5. The summed E-state index contributed by atoms with van der Waals surface area (Å²) in [6.45, 7) is 3.93. The molecule has 0 spiro atoms. The quantitative estimate of drug-likeness (QED) is 0.781. The van der Waals surface area contributed by atoms with Gasteiger partial charge in [0.2, 0.25) is 11.8 Å². The van der Waals surface area contributed by atoms with E-state index in [9.17, 15) is 9.59 Å². The molecule has 1 aromatic carbocycles. The minimum absolute atomic E-state index is 0.0424. The fourth-order valence-corrected chi connectivity index (χ4v) is 3.09. The Hall–Kier alpha value is -1.92. The molecule has 1 aliphatic rings. The number of nitrogens with two attached hydrogens (primary N) is 1. The Morgan fingerprint density at radius 1 is 1.29 bits per heavy atom. The summed E-state index contributed by atoms with van der Waals surface area (Å²) < 4.78 is 5.18. The van der Waals surface area contributed by atoms with Crippen LogP contribution in [-0.2, 0) is 27.5 Å². The van der Waals surface area contributed by atoms with Crippen molar-refractivity contribution in [3.8, 4) is 0 Å². The van der Waals surface area contributed by atoms with Crippen LogP contribution in [0.2, 0.25) is 0 Å². The van der Waals surface area contributed by atoms with E-state index < -0.39 is 0 Å². The summed E-state index contributed by atoms with van der Waals surface area (Å²) in [5, 5.41) is 2.96. The number of ether oxygens (including phenoxy) is 1. The fourth-order valence-electron chi connectivity index (χ4n) is 3.09. The van der Waals surface area contributed by atoms with Crippen LogP contribution in [0.15, 0.2) is 24.3 Å². The van der Waals surface area contributed by atoms with Gasteiger partial charge in [0.15, 0.2) is 0 Å². The molecule has 2 amide bonds. The van der Waals surface area contributed by atoms with Crippen molar-refractivity contribution in [3.63, 3.8) is 0 Å². The molecule has 0 radical (unpaired) electrons. The molecule has 1 aromatic rings. The average molecular weight is 333 g/mol. The van der Waals surface area contributed by atoms with E-state index in [4.69, 9.17) is 10.5 Å². The third kappa shape index (κ3) is 5.04. The van der Waals surface area contributed by atoms with Crippen molar-refractivity contribution in [1.82, 2.24) is 10.2 Å². The molecular formula is C18H27N3O3. The van der Waals surface area contributed by atoms with Crippen LogP contribution in [0.5, 0.6) is 0 Å². The molecule has 0 unspecified atom stereocenters. The summed E-state index contributed by atoms with van der Waals surface area (Å²) >= 11 is 0. The van der Waals surface area contributed by atoms with E-state index in [-0.39, 0.29) is 30.3 Å². The first kappa shape index (κ1) is 18.4. The number of carbonyl (C=O) groups excluding carboxylic acids is 2. The lowest BCUT2D eigenvalue weighted by atomic mass is 9.93. The Morgan fingerprint density at radius 3 is 2.67 bits per heavy atom. The number of primary amides is 1. The van der Waals surface area contributed by atoms with Gasteiger partial charge in [0.25, 0.3) is 0 Å². The van der Waals surface area contributed by atoms with E-state index in [1.54, 1.807) is 7.11 Å². The number of amides is 2. The Labute approximate surface area is 143 Å². The van der Waals surface area contributed by atoms with E-state index in [1.165, 1.54) is 0 Å². The summed E-state index contributed by atoms with van der Waals surface area (Å²) in [6.07, 6.45) is 1.69. The number of carbonyl (C=O) groups is 2. The molecule has 6 heteroatoms. The van der Waals surface area contributed by atoms with Gasteiger partial charge >= 0.3 is 0 Å². The van der Waals surface area contributed by atoms with Crippen LogP contribution in [0.3, 0.4) is 0 Å². The minimum atomic E-state index is -0.277. The van der Waals surface area contributed by atoms with E-state index in [1.807, 2.05) is 29.2 Å². The lowest BCUT2D eigenvalue weighted by Crippen LogP contribution is -2.49. The number of piperidine rings is 1. The molecular weight excluding hydrogens is 306 g/mol. The van der Waals surface area contributed by atoms with Crippen molar-refractivity contribution in [1.29, 1.82) is 0 Å². The van der Waals surface area contributed by atoms with Crippen molar-refractivity contribution in [2.75, 3.05) is 20.2 Å². The van der Waals surface area contributed by atoms with Crippen LogP contribution in [0.25, 0.3) is 0 Å². The third-order valence-corrected chi connectivity index (χ3v) is 4.65.